The molecule has 0 amide bonds. The largest absolute Gasteiger partial charge is 0.294 e. The van der Waals surface area contributed by atoms with E-state index in [-0.39, 0.29) is 0 Å². The number of fused-ring (bicyclic) bond motifs is 1. The van der Waals surface area contributed by atoms with Gasteiger partial charge in [0.15, 0.2) is 5.78 Å². The highest BCUT2D eigenvalue weighted by molar-refractivity contribution is 5.99. The zero-order valence-corrected chi connectivity index (χ0v) is 8.42. The lowest BCUT2D eigenvalue weighted by Gasteiger charge is -2.11. The molecule has 1 fully saturated rings. The monoisotopic (exact) mass is 190 g/mol. The van der Waals surface area contributed by atoms with Crippen molar-refractivity contribution in [1.82, 2.24) is 9.78 Å². The average Bonchev–Trinajstić information content (AvgIpc) is 2.94. The predicted octanol–water partition coefficient (Wildman–Crippen LogP) is 1.82. The Morgan fingerprint density at radius 2 is 2.14 bits per heavy atom. The second kappa shape index (κ2) is 2.69. The Labute approximate surface area is 83.1 Å². The quantitative estimate of drug-likeness (QED) is 0.677. The smallest absolute Gasteiger partial charge is 0.166 e. The van der Waals surface area contributed by atoms with Crippen LogP contribution in [0.1, 0.15) is 53.3 Å². The Morgan fingerprint density at radius 3 is 2.86 bits per heavy atom. The summed E-state index contributed by atoms with van der Waals surface area (Å²) in [5.74, 6) is 0.910. The third-order valence-electron chi connectivity index (χ3n) is 3.25. The molecule has 0 N–H and O–H groups in total. The summed E-state index contributed by atoms with van der Waals surface area (Å²) in [4.78, 5) is 11.8. The molecule has 0 unspecified atom stereocenters. The molecule has 2 aliphatic rings. The molecule has 74 valence electrons. The van der Waals surface area contributed by atoms with Crippen molar-refractivity contribution in [2.75, 3.05) is 0 Å². The SMILES string of the molecule is Cn1nc(C2CC2)c2c1CCCC2=O. The second-order valence-corrected chi connectivity index (χ2v) is 4.38. The van der Waals surface area contributed by atoms with Crippen LogP contribution >= 0.6 is 0 Å². The summed E-state index contributed by atoms with van der Waals surface area (Å²) < 4.78 is 1.92. The highest BCUT2D eigenvalue weighted by Crippen LogP contribution is 2.42. The van der Waals surface area contributed by atoms with Crippen LogP contribution in [0.15, 0.2) is 0 Å². The lowest BCUT2D eigenvalue weighted by molar-refractivity contribution is 0.0971. The fourth-order valence-corrected chi connectivity index (χ4v) is 2.36. The van der Waals surface area contributed by atoms with E-state index >= 15 is 0 Å². The molecule has 2 aliphatic carbocycles. The highest BCUT2D eigenvalue weighted by atomic mass is 16.1. The fourth-order valence-electron chi connectivity index (χ4n) is 2.36. The number of carbonyl (C=O) groups excluding carboxylic acids is 1. The van der Waals surface area contributed by atoms with Gasteiger partial charge in [0.05, 0.1) is 11.3 Å². The maximum atomic E-state index is 11.8. The van der Waals surface area contributed by atoms with Gasteiger partial charge in [-0.1, -0.05) is 0 Å². The number of aryl methyl sites for hydroxylation is 1. The maximum absolute atomic E-state index is 11.8. The van der Waals surface area contributed by atoms with Gasteiger partial charge in [0.1, 0.15) is 0 Å². The van der Waals surface area contributed by atoms with Gasteiger partial charge in [0.25, 0.3) is 0 Å². The highest BCUT2D eigenvalue weighted by Gasteiger charge is 2.34. The molecular weight excluding hydrogens is 176 g/mol. The minimum atomic E-state index is 0.321. The minimum absolute atomic E-state index is 0.321. The van der Waals surface area contributed by atoms with Crippen LogP contribution in [0.3, 0.4) is 0 Å². The minimum Gasteiger partial charge on any atom is -0.294 e. The number of nitrogens with zero attached hydrogens (tertiary/aromatic N) is 2. The molecule has 1 heterocycles. The summed E-state index contributed by atoms with van der Waals surface area (Å²) in [6.45, 7) is 0. The molecule has 0 radical (unpaired) electrons. The van der Waals surface area contributed by atoms with Gasteiger partial charge < -0.3 is 0 Å². The third kappa shape index (κ3) is 1.04. The number of ketones is 1. The van der Waals surface area contributed by atoms with Gasteiger partial charge in [-0.05, 0) is 25.7 Å². The molecule has 14 heavy (non-hydrogen) atoms. The molecule has 0 aromatic carbocycles. The Hall–Kier alpha value is -1.12. The zero-order valence-electron chi connectivity index (χ0n) is 8.42. The Kier molecular flexibility index (Phi) is 1.58. The van der Waals surface area contributed by atoms with Crippen LogP contribution in [0.2, 0.25) is 0 Å². The molecule has 0 spiro atoms. The Morgan fingerprint density at radius 1 is 1.36 bits per heavy atom. The van der Waals surface area contributed by atoms with Crippen LogP contribution in [0, 0.1) is 0 Å². The van der Waals surface area contributed by atoms with Crippen molar-refractivity contribution in [1.29, 1.82) is 0 Å². The molecule has 0 atom stereocenters. The van der Waals surface area contributed by atoms with Gasteiger partial charge in [-0.15, -0.1) is 0 Å². The van der Waals surface area contributed by atoms with Gasteiger partial charge in [-0.3, -0.25) is 9.48 Å². The number of hydrogen-bond acceptors (Lipinski definition) is 2. The van der Waals surface area contributed by atoms with Crippen LogP contribution in [-0.4, -0.2) is 15.6 Å². The van der Waals surface area contributed by atoms with Crippen molar-refractivity contribution in [3.05, 3.63) is 17.0 Å². The first kappa shape index (κ1) is 8.21. The number of hydrogen-bond donors (Lipinski definition) is 0. The fraction of sp³-hybridized carbons (Fsp3) is 0.636. The third-order valence-corrected chi connectivity index (χ3v) is 3.25. The summed E-state index contributed by atoms with van der Waals surface area (Å²) in [5.41, 5.74) is 3.23. The summed E-state index contributed by atoms with van der Waals surface area (Å²) in [6, 6.07) is 0. The van der Waals surface area contributed by atoms with Gasteiger partial charge in [-0.25, -0.2) is 0 Å². The molecule has 1 aromatic heterocycles. The van der Waals surface area contributed by atoms with Crippen molar-refractivity contribution in [2.24, 2.45) is 7.05 Å². The molecule has 0 bridgehead atoms. The first-order chi connectivity index (χ1) is 6.77. The first-order valence-corrected chi connectivity index (χ1v) is 5.36. The molecule has 0 aliphatic heterocycles. The normalized spacial score (nSPS) is 21.1. The average molecular weight is 190 g/mol. The lowest BCUT2D eigenvalue weighted by Crippen LogP contribution is -2.12. The Balaban J connectivity index is 2.17. The van der Waals surface area contributed by atoms with Crippen molar-refractivity contribution in [2.45, 2.75) is 38.0 Å². The molecule has 0 saturated heterocycles. The van der Waals surface area contributed by atoms with Gasteiger partial charge >= 0.3 is 0 Å². The van der Waals surface area contributed by atoms with Gasteiger partial charge in [-0.2, -0.15) is 5.10 Å². The second-order valence-electron chi connectivity index (χ2n) is 4.38. The van der Waals surface area contributed by atoms with E-state index in [0.29, 0.717) is 11.7 Å². The van der Waals surface area contributed by atoms with E-state index in [1.54, 1.807) is 0 Å². The van der Waals surface area contributed by atoms with E-state index in [0.717, 1.165) is 30.5 Å². The number of rotatable bonds is 1. The molecule has 3 heteroatoms. The van der Waals surface area contributed by atoms with Crippen molar-refractivity contribution >= 4 is 5.78 Å². The van der Waals surface area contributed by atoms with E-state index < -0.39 is 0 Å². The summed E-state index contributed by atoms with van der Waals surface area (Å²) in [6.07, 6.45) is 5.18. The maximum Gasteiger partial charge on any atom is 0.166 e. The van der Waals surface area contributed by atoms with Crippen molar-refractivity contribution in [3.63, 3.8) is 0 Å². The van der Waals surface area contributed by atoms with Crippen molar-refractivity contribution in [3.8, 4) is 0 Å². The van der Waals surface area contributed by atoms with E-state index in [4.69, 9.17) is 0 Å². The first-order valence-electron chi connectivity index (χ1n) is 5.36. The Bertz CT molecular complexity index is 402. The number of Topliss-reactive ketones (excluding diaryl/α,β-unsaturated/α-hetero) is 1. The van der Waals surface area contributed by atoms with E-state index in [1.165, 1.54) is 18.5 Å². The topological polar surface area (TPSA) is 34.9 Å². The summed E-state index contributed by atoms with van der Waals surface area (Å²) in [7, 11) is 1.96. The zero-order chi connectivity index (χ0) is 9.71. The van der Waals surface area contributed by atoms with E-state index in [9.17, 15) is 4.79 Å². The van der Waals surface area contributed by atoms with Gasteiger partial charge in [0, 0.05) is 25.1 Å². The molecule has 3 rings (SSSR count). The van der Waals surface area contributed by atoms with Crippen LogP contribution in [0.25, 0.3) is 0 Å². The van der Waals surface area contributed by atoms with Crippen LogP contribution in [0.5, 0.6) is 0 Å². The van der Waals surface area contributed by atoms with E-state index in [1.807, 2.05) is 11.7 Å². The predicted molar refractivity (Wildman–Crippen MR) is 52.5 cm³/mol. The van der Waals surface area contributed by atoms with Gasteiger partial charge in [0.2, 0.25) is 0 Å². The van der Waals surface area contributed by atoms with Crippen LogP contribution in [-0.2, 0) is 13.5 Å². The number of carbonyl (C=O) groups is 1. The number of aromatic nitrogens is 2. The summed E-state index contributed by atoms with van der Waals surface area (Å²) in [5, 5.41) is 4.50. The van der Waals surface area contributed by atoms with Crippen LogP contribution in [0.4, 0.5) is 0 Å². The molecule has 1 saturated carbocycles. The molecule has 3 nitrogen and oxygen atoms in total. The lowest BCUT2D eigenvalue weighted by atomic mass is 9.93. The van der Waals surface area contributed by atoms with Crippen molar-refractivity contribution < 1.29 is 4.79 Å². The van der Waals surface area contributed by atoms with E-state index in [2.05, 4.69) is 5.10 Å². The summed E-state index contributed by atoms with van der Waals surface area (Å²) >= 11 is 0. The molecular formula is C11H14N2O. The molecule has 1 aromatic rings. The standard InChI is InChI=1S/C11H14N2O/c1-13-8-3-2-4-9(14)10(8)11(12-13)7-5-6-7/h7H,2-6H2,1H3. The van der Waals surface area contributed by atoms with Crippen LogP contribution < -0.4 is 0 Å².